The second-order valence-corrected chi connectivity index (χ2v) is 4.26. The topological polar surface area (TPSA) is 79.3 Å². The van der Waals surface area contributed by atoms with Gasteiger partial charge in [0.25, 0.3) is 5.69 Å². The molecule has 0 amide bonds. The molecule has 98 valence electrons. The van der Waals surface area contributed by atoms with E-state index in [2.05, 4.69) is 4.99 Å². The van der Waals surface area contributed by atoms with E-state index in [1.54, 1.807) is 30.3 Å². The number of rotatable bonds is 3. The number of benzene rings is 2. The zero-order valence-corrected chi connectivity index (χ0v) is 10.9. The van der Waals surface area contributed by atoms with Gasteiger partial charge in [-0.15, -0.1) is 0 Å². The standard InChI is InChI=1S/C14H8ClN3O2/c15-12-6-5-10(7-14(12)18(19)20)9-17-13-4-2-1-3-11(13)8-16/h1-7,9H. The first-order valence-corrected chi connectivity index (χ1v) is 5.97. The van der Waals surface area contributed by atoms with Gasteiger partial charge in [-0.05, 0) is 23.8 Å². The highest BCUT2D eigenvalue weighted by molar-refractivity contribution is 6.32. The van der Waals surface area contributed by atoms with Gasteiger partial charge in [0.15, 0.2) is 0 Å². The molecular formula is C14H8ClN3O2. The fraction of sp³-hybridized carbons (Fsp3) is 0. The molecule has 0 aliphatic heterocycles. The van der Waals surface area contributed by atoms with Crippen molar-refractivity contribution in [2.24, 2.45) is 4.99 Å². The van der Waals surface area contributed by atoms with Gasteiger partial charge in [-0.2, -0.15) is 5.26 Å². The van der Waals surface area contributed by atoms with Crippen LogP contribution in [0.4, 0.5) is 11.4 Å². The molecular weight excluding hydrogens is 278 g/mol. The highest BCUT2D eigenvalue weighted by Crippen LogP contribution is 2.25. The first kappa shape index (κ1) is 13.7. The van der Waals surface area contributed by atoms with Crippen LogP contribution in [0.3, 0.4) is 0 Å². The Morgan fingerprint density at radius 3 is 2.75 bits per heavy atom. The summed E-state index contributed by atoms with van der Waals surface area (Å²) < 4.78 is 0. The Labute approximate surface area is 119 Å². The van der Waals surface area contributed by atoms with Crippen LogP contribution in [0.5, 0.6) is 0 Å². The van der Waals surface area contributed by atoms with Gasteiger partial charge >= 0.3 is 0 Å². The third-order valence-corrected chi connectivity index (χ3v) is 2.86. The van der Waals surface area contributed by atoms with E-state index in [-0.39, 0.29) is 10.7 Å². The fourth-order valence-corrected chi connectivity index (χ4v) is 1.76. The molecule has 0 atom stereocenters. The lowest BCUT2D eigenvalue weighted by molar-refractivity contribution is -0.384. The van der Waals surface area contributed by atoms with Crippen molar-refractivity contribution >= 4 is 29.2 Å². The first-order chi connectivity index (χ1) is 9.61. The Morgan fingerprint density at radius 1 is 1.30 bits per heavy atom. The summed E-state index contributed by atoms with van der Waals surface area (Å²) in [5.74, 6) is 0. The minimum atomic E-state index is -0.553. The average Bonchev–Trinajstić information content (AvgIpc) is 2.46. The molecule has 2 aromatic carbocycles. The molecule has 0 N–H and O–H groups in total. The lowest BCUT2D eigenvalue weighted by Crippen LogP contribution is -1.91. The number of nitro groups is 1. The molecule has 6 heteroatoms. The van der Waals surface area contributed by atoms with Crippen LogP contribution >= 0.6 is 11.6 Å². The van der Waals surface area contributed by atoms with Crippen LogP contribution in [-0.2, 0) is 0 Å². The molecule has 0 aromatic heterocycles. The number of nitro benzene ring substituents is 1. The normalized spacial score (nSPS) is 10.4. The van der Waals surface area contributed by atoms with Crippen LogP contribution in [0, 0.1) is 21.4 Å². The number of nitriles is 1. The van der Waals surface area contributed by atoms with Crippen molar-refractivity contribution in [3.8, 4) is 6.07 Å². The highest BCUT2D eigenvalue weighted by Gasteiger charge is 2.11. The molecule has 2 aromatic rings. The van der Waals surface area contributed by atoms with Crippen LogP contribution in [0.15, 0.2) is 47.5 Å². The van der Waals surface area contributed by atoms with Gasteiger partial charge in [0.05, 0.1) is 16.2 Å². The van der Waals surface area contributed by atoms with Gasteiger partial charge in [0.1, 0.15) is 11.1 Å². The Balaban J connectivity index is 2.35. The molecule has 0 aliphatic rings. The van der Waals surface area contributed by atoms with Gasteiger partial charge in [0, 0.05) is 12.3 Å². The maximum absolute atomic E-state index is 10.8. The molecule has 0 unspecified atom stereocenters. The fourth-order valence-electron chi connectivity index (χ4n) is 1.57. The second-order valence-electron chi connectivity index (χ2n) is 3.86. The molecule has 0 heterocycles. The molecule has 2 rings (SSSR count). The Morgan fingerprint density at radius 2 is 2.05 bits per heavy atom. The quantitative estimate of drug-likeness (QED) is 0.488. The number of nitrogens with zero attached hydrogens (tertiary/aromatic N) is 3. The zero-order valence-electron chi connectivity index (χ0n) is 10.2. The van der Waals surface area contributed by atoms with Crippen molar-refractivity contribution in [3.63, 3.8) is 0 Å². The lowest BCUT2D eigenvalue weighted by Gasteiger charge is -1.98. The lowest BCUT2D eigenvalue weighted by atomic mass is 10.2. The minimum absolute atomic E-state index is 0.0737. The van der Waals surface area contributed by atoms with E-state index < -0.39 is 4.92 Å². The van der Waals surface area contributed by atoms with Gasteiger partial charge < -0.3 is 0 Å². The van der Waals surface area contributed by atoms with Crippen LogP contribution in [0.1, 0.15) is 11.1 Å². The van der Waals surface area contributed by atoms with Crippen LogP contribution < -0.4 is 0 Å². The van der Waals surface area contributed by atoms with Crippen LogP contribution in [0.2, 0.25) is 5.02 Å². The van der Waals surface area contributed by atoms with Crippen molar-refractivity contribution in [2.75, 3.05) is 0 Å². The van der Waals surface area contributed by atoms with Crippen molar-refractivity contribution in [2.45, 2.75) is 0 Å². The Hall–Kier alpha value is -2.71. The SMILES string of the molecule is N#Cc1ccccc1N=Cc1ccc(Cl)c([N+](=O)[O-])c1. The van der Waals surface area contributed by atoms with Crippen molar-refractivity contribution in [1.29, 1.82) is 5.26 Å². The predicted octanol–water partition coefficient (Wildman–Crippen LogP) is 3.87. The van der Waals surface area contributed by atoms with Crippen LogP contribution in [-0.4, -0.2) is 11.1 Å². The van der Waals surface area contributed by atoms with Crippen molar-refractivity contribution < 1.29 is 4.92 Å². The molecule has 0 aliphatic carbocycles. The largest absolute Gasteiger partial charge is 0.288 e. The van der Waals surface area contributed by atoms with Crippen LogP contribution in [0.25, 0.3) is 0 Å². The molecule has 0 saturated heterocycles. The predicted molar refractivity (Wildman–Crippen MR) is 76.5 cm³/mol. The average molecular weight is 286 g/mol. The number of halogens is 1. The molecule has 0 spiro atoms. The molecule has 0 fully saturated rings. The number of aliphatic imine (C=N–C) groups is 1. The van der Waals surface area contributed by atoms with E-state index in [1.165, 1.54) is 18.3 Å². The van der Waals surface area contributed by atoms with Gasteiger partial charge in [-0.25, -0.2) is 0 Å². The number of hydrogen-bond acceptors (Lipinski definition) is 4. The summed E-state index contributed by atoms with van der Waals surface area (Å²) in [7, 11) is 0. The third-order valence-electron chi connectivity index (χ3n) is 2.54. The Bertz CT molecular complexity index is 735. The summed E-state index contributed by atoms with van der Waals surface area (Å²) in [5, 5.41) is 19.8. The van der Waals surface area contributed by atoms with E-state index in [9.17, 15) is 10.1 Å². The van der Waals surface area contributed by atoms with Gasteiger partial charge in [-0.3, -0.25) is 15.1 Å². The number of para-hydroxylation sites is 1. The molecule has 0 saturated carbocycles. The van der Waals surface area contributed by atoms with E-state index in [1.807, 2.05) is 6.07 Å². The molecule has 20 heavy (non-hydrogen) atoms. The summed E-state index contributed by atoms with van der Waals surface area (Å²) in [6.07, 6.45) is 1.46. The second kappa shape index (κ2) is 5.95. The van der Waals surface area contributed by atoms with E-state index in [0.29, 0.717) is 16.8 Å². The zero-order chi connectivity index (χ0) is 14.5. The molecule has 0 radical (unpaired) electrons. The van der Waals surface area contributed by atoms with E-state index in [0.717, 1.165) is 0 Å². The summed E-state index contributed by atoms with van der Waals surface area (Å²) >= 11 is 5.73. The summed E-state index contributed by atoms with van der Waals surface area (Å²) in [6.45, 7) is 0. The summed E-state index contributed by atoms with van der Waals surface area (Å²) in [5.41, 5.74) is 1.30. The Kier molecular flexibility index (Phi) is 4.08. The van der Waals surface area contributed by atoms with E-state index in [4.69, 9.17) is 16.9 Å². The smallest absolute Gasteiger partial charge is 0.258 e. The van der Waals surface area contributed by atoms with Gasteiger partial charge in [0.2, 0.25) is 0 Å². The maximum Gasteiger partial charge on any atom is 0.288 e. The maximum atomic E-state index is 10.8. The van der Waals surface area contributed by atoms with E-state index >= 15 is 0 Å². The molecule has 0 bridgehead atoms. The summed E-state index contributed by atoms with van der Waals surface area (Å²) in [6, 6.07) is 13.3. The molecule has 5 nitrogen and oxygen atoms in total. The van der Waals surface area contributed by atoms with Crippen molar-refractivity contribution in [1.82, 2.24) is 0 Å². The number of hydrogen-bond donors (Lipinski definition) is 0. The third kappa shape index (κ3) is 2.99. The minimum Gasteiger partial charge on any atom is -0.258 e. The van der Waals surface area contributed by atoms with Crippen molar-refractivity contribution in [3.05, 3.63) is 68.7 Å². The monoisotopic (exact) mass is 285 g/mol. The summed E-state index contributed by atoms with van der Waals surface area (Å²) in [4.78, 5) is 14.4. The van der Waals surface area contributed by atoms with Gasteiger partial charge in [-0.1, -0.05) is 29.8 Å². The highest BCUT2D eigenvalue weighted by atomic mass is 35.5. The first-order valence-electron chi connectivity index (χ1n) is 5.59.